The van der Waals surface area contributed by atoms with Gasteiger partial charge in [-0.25, -0.2) is 0 Å². The fourth-order valence-electron chi connectivity index (χ4n) is 1.79. The highest BCUT2D eigenvalue weighted by atomic mass is 16.3. The predicted molar refractivity (Wildman–Crippen MR) is 65.2 cm³/mol. The van der Waals surface area contributed by atoms with E-state index in [1.54, 1.807) is 6.07 Å². The predicted octanol–water partition coefficient (Wildman–Crippen LogP) is 2.44. The molecule has 2 heteroatoms. The van der Waals surface area contributed by atoms with Gasteiger partial charge in [0.2, 0.25) is 0 Å². The van der Waals surface area contributed by atoms with Crippen LogP contribution in [0.3, 0.4) is 0 Å². The van der Waals surface area contributed by atoms with Gasteiger partial charge in [-0.3, -0.25) is 0 Å². The molecule has 2 rings (SSSR count). The molecule has 3 N–H and O–H groups in total. The third-order valence-corrected chi connectivity index (χ3v) is 2.71. The lowest BCUT2D eigenvalue weighted by Crippen LogP contribution is -2.01. The van der Waals surface area contributed by atoms with Crippen LogP contribution in [0.25, 0.3) is 0 Å². The monoisotopic (exact) mass is 213 g/mol. The van der Waals surface area contributed by atoms with Gasteiger partial charge >= 0.3 is 0 Å². The fraction of sp³-hybridized carbons (Fsp3) is 0.143. The van der Waals surface area contributed by atoms with E-state index in [0.717, 1.165) is 17.5 Å². The first-order chi connectivity index (χ1) is 7.81. The number of rotatable bonds is 3. The highest BCUT2D eigenvalue weighted by molar-refractivity contribution is 5.39. The van der Waals surface area contributed by atoms with Gasteiger partial charge < -0.3 is 10.8 Å². The van der Waals surface area contributed by atoms with E-state index in [-0.39, 0.29) is 0 Å². The third-order valence-electron chi connectivity index (χ3n) is 2.71. The summed E-state index contributed by atoms with van der Waals surface area (Å²) in [5, 5.41) is 9.70. The molecule has 0 amide bonds. The van der Waals surface area contributed by atoms with Gasteiger partial charge in [0.1, 0.15) is 5.75 Å². The quantitative estimate of drug-likeness (QED) is 0.822. The van der Waals surface area contributed by atoms with Crippen LogP contribution in [0.4, 0.5) is 0 Å². The topological polar surface area (TPSA) is 46.2 Å². The number of benzene rings is 2. The molecule has 0 bridgehead atoms. The molecule has 2 aromatic carbocycles. The number of phenolic OH excluding ortho intramolecular Hbond substituents is 1. The number of phenols is 1. The summed E-state index contributed by atoms with van der Waals surface area (Å²) in [6, 6.07) is 15.5. The number of aromatic hydroxyl groups is 1. The van der Waals surface area contributed by atoms with Crippen LogP contribution in [0.15, 0.2) is 48.5 Å². The van der Waals surface area contributed by atoms with Gasteiger partial charge in [0.25, 0.3) is 0 Å². The number of nitrogens with two attached hydrogens (primary N) is 1. The van der Waals surface area contributed by atoms with Crippen LogP contribution < -0.4 is 5.73 Å². The number of hydrogen-bond donors (Lipinski definition) is 2. The molecular formula is C14H15NO. The van der Waals surface area contributed by atoms with Crippen molar-refractivity contribution in [3.8, 4) is 5.75 Å². The van der Waals surface area contributed by atoms with Gasteiger partial charge in [0.05, 0.1) is 0 Å². The molecule has 0 saturated carbocycles. The maximum atomic E-state index is 9.70. The number of hydrogen-bond acceptors (Lipinski definition) is 2. The fourth-order valence-corrected chi connectivity index (χ4v) is 1.79. The van der Waals surface area contributed by atoms with E-state index in [4.69, 9.17) is 5.73 Å². The van der Waals surface area contributed by atoms with Crippen LogP contribution in [0.1, 0.15) is 16.7 Å². The second-order valence-electron chi connectivity index (χ2n) is 3.78. The summed E-state index contributed by atoms with van der Waals surface area (Å²) in [5.74, 6) is 0.342. The summed E-state index contributed by atoms with van der Waals surface area (Å²) in [5.41, 5.74) is 8.92. The largest absolute Gasteiger partial charge is 0.508 e. The molecule has 0 saturated heterocycles. The van der Waals surface area contributed by atoms with Gasteiger partial charge in [0, 0.05) is 13.0 Å². The Morgan fingerprint density at radius 1 is 0.812 bits per heavy atom. The Labute approximate surface area is 95.4 Å². The Bertz CT molecular complexity index is 480. The van der Waals surface area contributed by atoms with Crippen LogP contribution in [0.2, 0.25) is 0 Å². The molecule has 0 aliphatic heterocycles. The van der Waals surface area contributed by atoms with Crippen molar-refractivity contribution in [1.82, 2.24) is 0 Å². The molecule has 2 nitrogen and oxygen atoms in total. The molecule has 16 heavy (non-hydrogen) atoms. The molecule has 0 heterocycles. The molecule has 0 unspecified atom stereocenters. The lowest BCUT2D eigenvalue weighted by atomic mass is 9.99. The minimum Gasteiger partial charge on any atom is -0.508 e. The van der Waals surface area contributed by atoms with E-state index in [1.165, 1.54) is 5.56 Å². The zero-order chi connectivity index (χ0) is 11.4. The van der Waals surface area contributed by atoms with Crippen LogP contribution in [0, 0.1) is 0 Å². The summed E-state index contributed by atoms with van der Waals surface area (Å²) in [6.45, 7) is 0.532. The second kappa shape index (κ2) is 4.81. The minimum atomic E-state index is 0.342. The standard InChI is InChI=1S/C14H15NO/c15-10-13-7-2-1-5-11(13)9-12-6-3-4-8-14(12)16/h1-8,16H,9-10,15H2. The maximum Gasteiger partial charge on any atom is 0.119 e. The Morgan fingerprint density at radius 3 is 2.00 bits per heavy atom. The molecule has 0 aliphatic rings. The first-order valence-electron chi connectivity index (χ1n) is 5.35. The van der Waals surface area contributed by atoms with Crippen molar-refractivity contribution < 1.29 is 5.11 Å². The summed E-state index contributed by atoms with van der Waals surface area (Å²) < 4.78 is 0. The van der Waals surface area contributed by atoms with E-state index in [9.17, 15) is 5.11 Å². The normalized spacial score (nSPS) is 10.3. The Morgan fingerprint density at radius 2 is 1.38 bits per heavy atom. The van der Waals surface area contributed by atoms with E-state index in [0.29, 0.717) is 12.3 Å². The molecule has 0 fully saturated rings. The van der Waals surface area contributed by atoms with Crippen LogP contribution in [-0.4, -0.2) is 5.11 Å². The van der Waals surface area contributed by atoms with Crippen LogP contribution in [-0.2, 0) is 13.0 Å². The molecule has 0 spiro atoms. The number of para-hydroxylation sites is 1. The van der Waals surface area contributed by atoms with Crippen molar-refractivity contribution in [2.45, 2.75) is 13.0 Å². The van der Waals surface area contributed by atoms with Gasteiger partial charge in [-0.2, -0.15) is 0 Å². The van der Waals surface area contributed by atoms with Crippen molar-refractivity contribution in [2.75, 3.05) is 0 Å². The van der Waals surface area contributed by atoms with Gasteiger partial charge in [-0.05, 0) is 22.8 Å². The van der Waals surface area contributed by atoms with Crippen molar-refractivity contribution in [1.29, 1.82) is 0 Å². The van der Waals surface area contributed by atoms with Crippen molar-refractivity contribution in [3.63, 3.8) is 0 Å². The Balaban J connectivity index is 2.30. The van der Waals surface area contributed by atoms with Gasteiger partial charge in [-0.15, -0.1) is 0 Å². The zero-order valence-electron chi connectivity index (χ0n) is 9.06. The van der Waals surface area contributed by atoms with E-state index in [2.05, 4.69) is 6.07 Å². The smallest absolute Gasteiger partial charge is 0.119 e. The highest BCUT2D eigenvalue weighted by Crippen LogP contribution is 2.21. The average Bonchev–Trinajstić information content (AvgIpc) is 2.33. The lowest BCUT2D eigenvalue weighted by molar-refractivity contribution is 0.469. The molecular weight excluding hydrogens is 198 g/mol. The molecule has 0 aliphatic carbocycles. The molecule has 2 aromatic rings. The van der Waals surface area contributed by atoms with Crippen molar-refractivity contribution in [2.24, 2.45) is 5.73 Å². The lowest BCUT2D eigenvalue weighted by Gasteiger charge is -2.08. The zero-order valence-corrected chi connectivity index (χ0v) is 9.06. The van der Waals surface area contributed by atoms with Crippen molar-refractivity contribution >= 4 is 0 Å². The van der Waals surface area contributed by atoms with E-state index < -0.39 is 0 Å². The minimum absolute atomic E-state index is 0.342. The first-order valence-corrected chi connectivity index (χ1v) is 5.35. The second-order valence-corrected chi connectivity index (χ2v) is 3.78. The molecule has 0 radical (unpaired) electrons. The third kappa shape index (κ3) is 2.23. The summed E-state index contributed by atoms with van der Waals surface area (Å²) in [4.78, 5) is 0. The van der Waals surface area contributed by atoms with Crippen LogP contribution >= 0.6 is 0 Å². The van der Waals surface area contributed by atoms with Crippen molar-refractivity contribution in [3.05, 3.63) is 65.2 Å². The summed E-state index contributed by atoms with van der Waals surface area (Å²) in [6.07, 6.45) is 0.722. The van der Waals surface area contributed by atoms with Crippen LogP contribution in [0.5, 0.6) is 5.75 Å². The average molecular weight is 213 g/mol. The Kier molecular flexibility index (Phi) is 3.22. The van der Waals surface area contributed by atoms with Gasteiger partial charge in [0.15, 0.2) is 0 Å². The summed E-state index contributed by atoms with van der Waals surface area (Å²) in [7, 11) is 0. The van der Waals surface area contributed by atoms with E-state index in [1.807, 2.05) is 36.4 Å². The molecule has 0 aromatic heterocycles. The highest BCUT2D eigenvalue weighted by Gasteiger charge is 2.04. The first kappa shape index (κ1) is 10.7. The SMILES string of the molecule is NCc1ccccc1Cc1ccccc1O. The maximum absolute atomic E-state index is 9.70. The Hall–Kier alpha value is -1.80. The molecule has 82 valence electrons. The molecule has 0 atom stereocenters. The van der Waals surface area contributed by atoms with Gasteiger partial charge in [-0.1, -0.05) is 42.5 Å². The summed E-state index contributed by atoms with van der Waals surface area (Å²) >= 11 is 0. The van der Waals surface area contributed by atoms with E-state index >= 15 is 0 Å².